The summed E-state index contributed by atoms with van der Waals surface area (Å²) in [6.45, 7) is 6.04. The maximum atomic E-state index is 11.8. The number of hydrogen-bond donors (Lipinski definition) is 2. The third-order valence-electron chi connectivity index (χ3n) is 3.16. The molecule has 0 amide bonds. The minimum absolute atomic E-state index is 0.0829. The molecule has 1 heterocycles. The van der Waals surface area contributed by atoms with Crippen LogP contribution in [0.1, 0.15) is 54.0 Å². The number of fused-ring (bicyclic) bond motifs is 1. The fourth-order valence-electron chi connectivity index (χ4n) is 2.22. The molecule has 0 unspecified atom stereocenters. The molecule has 0 bridgehead atoms. The van der Waals surface area contributed by atoms with E-state index in [0.29, 0.717) is 0 Å². The third kappa shape index (κ3) is 2.05. The van der Waals surface area contributed by atoms with Crippen LogP contribution in [0.3, 0.4) is 0 Å². The van der Waals surface area contributed by atoms with E-state index in [2.05, 4.69) is 0 Å². The number of ether oxygens (including phenoxy) is 1. The van der Waals surface area contributed by atoms with Crippen LogP contribution in [0.4, 0.5) is 0 Å². The van der Waals surface area contributed by atoms with Crippen molar-refractivity contribution in [2.75, 3.05) is 0 Å². The summed E-state index contributed by atoms with van der Waals surface area (Å²) >= 11 is 0. The molecule has 106 valence electrons. The summed E-state index contributed by atoms with van der Waals surface area (Å²) in [7, 11) is 0. The van der Waals surface area contributed by atoms with E-state index in [1.54, 1.807) is 26.0 Å². The molecule has 5 heteroatoms. The monoisotopic (exact) mass is 276 g/mol. The summed E-state index contributed by atoms with van der Waals surface area (Å²) in [6.07, 6.45) is 3.30. The van der Waals surface area contributed by atoms with E-state index in [4.69, 9.17) is 4.74 Å². The second-order valence-corrected chi connectivity index (χ2v) is 5.34. The smallest absolute Gasteiger partial charge is 0.167 e. The van der Waals surface area contributed by atoms with Gasteiger partial charge < -0.3 is 14.9 Å². The molecular weight excluding hydrogens is 260 g/mol. The SMILES string of the molecule is CC(=O)c1c(O)c2c(c(C(C)=O)c1O)OC(C)(C)C=C2. The summed E-state index contributed by atoms with van der Waals surface area (Å²) in [5, 5.41) is 20.3. The third-order valence-corrected chi connectivity index (χ3v) is 3.16. The first-order valence-corrected chi connectivity index (χ1v) is 6.17. The van der Waals surface area contributed by atoms with E-state index >= 15 is 0 Å². The Morgan fingerprint density at radius 3 is 2.10 bits per heavy atom. The summed E-state index contributed by atoms with van der Waals surface area (Å²) in [5.74, 6) is -1.77. The molecule has 1 aliphatic rings. The predicted molar refractivity (Wildman–Crippen MR) is 73.5 cm³/mol. The van der Waals surface area contributed by atoms with Gasteiger partial charge in [-0.05, 0) is 39.8 Å². The van der Waals surface area contributed by atoms with Crippen molar-refractivity contribution in [3.05, 3.63) is 22.8 Å². The van der Waals surface area contributed by atoms with Crippen molar-refractivity contribution < 1.29 is 24.5 Å². The van der Waals surface area contributed by atoms with E-state index in [9.17, 15) is 19.8 Å². The molecule has 1 aromatic carbocycles. The lowest BCUT2D eigenvalue weighted by Crippen LogP contribution is -2.28. The van der Waals surface area contributed by atoms with Crippen LogP contribution in [0.5, 0.6) is 17.2 Å². The number of Topliss-reactive ketones (excluding diaryl/α,β-unsaturated/α-hetero) is 2. The molecule has 0 fully saturated rings. The van der Waals surface area contributed by atoms with Crippen molar-refractivity contribution in [1.82, 2.24) is 0 Å². The first-order valence-electron chi connectivity index (χ1n) is 6.17. The predicted octanol–water partition coefficient (Wildman–Crippen LogP) is 2.69. The van der Waals surface area contributed by atoms with E-state index in [1.165, 1.54) is 13.8 Å². The molecular formula is C15H16O5. The zero-order valence-electron chi connectivity index (χ0n) is 11.8. The molecule has 0 atom stereocenters. The first-order chi connectivity index (χ1) is 9.15. The summed E-state index contributed by atoms with van der Waals surface area (Å²) in [5.41, 5.74) is -0.784. The van der Waals surface area contributed by atoms with E-state index < -0.39 is 22.9 Å². The van der Waals surface area contributed by atoms with Crippen LogP contribution >= 0.6 is 0 Å². The highest BCUT2D eigenvalue weighted by Crippen LogP contribution is 2.46. The summed E-state index contributed by atoms with van der Waals surface area (Å²) in [4.78, 5) is 23.4. The van der Waals surface area contributed by atoms with Gasteiger partial charge in [0.15, 0.2) is 11.6 Å². The number of phenolic OH excluding ortho intramolecular Hbond substituents is 2. The van der Waals surface area contributed by atoms with Crippen LogP contribution < -0.4 is 4.74 Å². The fraction of sp³-hybridized carbons (Fsp3) is 0.333. The molecule has 0 spiro atoms. The number of aromatic hydroxyl groups is 2. The zero-order chi connectivity index (χ0) is 15.2. The van der Waals surface area contributed by atoms with Gasteiger partial charge in [0.1, 0.15) is 34.0 Å². The normalized spacial score (nSPS) is 15.4. The lowest BCUT2D eigenvalue weighted by atomic mass is 9.92. The Labute approximate surface area is 116 Å². The van der Waals surface area contributed by atoms with Crippen molar-refractivity contribution in [1.29, 1.82) is 0 Å². The molecule has 1 aromatic rings. The maximum absolute atomic E-state index is 11.8. The molecule has 0 saturated heterocycles. The molecule has 1 aliphatic heterocycles. The van der Waals surface area contributed by atoms with Gasteiger partial charge in [0.25, 0.3) is 0 Å². The molecule has 2 N–H and O–H groups in total. The zero-order valence-corrected chi connectivity index (χ0v) is 11.8. The second-order valence-electron chi connectivity index (χ2n) is 5.34. The van der Waals surface area contributed by atoms with Gasteiger partial charge in [0.05, 0.1) is 5.56 Å². The van der Waals surface area contributed by atoms with E-state index in [1.807, 2.05) is 0 Å². The van der Waals surface area contributed by atoms with Crippen molar-refractivity contribution in [3.8, 4) is 17.2 Å². The van der Waals surface area contributed by atoms with Gasteiger partial charge >= 0.3 is 0 Å². The molecule has 0 saturated carbocycles. The molecule has 5 nitrogen and oxygen atoms in total. The van der Waals surface area contributed by atoms with Gasteiger partial charge in [0, 0.05) is 0 Å². The minimum atomic E-state index is -0.673. The number of carbonyl (C=O) groups excluding carboxylic acids is 2. The highest BCUT2D eigenvalue weighted by Gasteiger charge is 2.33. The number of ketones is 2. The standard InChI is InChI=1S/C15H16O5/c1-7(16)10-12(18)9-5-6-15(3,4)20-14(9)11(8(2)17)13(10)19/h5-6,18-19H,1-4H3. The van der Waals surface area contributed by atoms with Crippen LogP contribution in [0.2, 0.25) is 0 Å². The lowest BCUT2D eigenvalue weighted by molar-refractivity contribution is 0.0995. The Kier molecular flexibility index (Phi) is 3.08. The molecule has 0 aliphatic carbocycles. The molecule has 0 radical (unpaired) electrons. The van der Waals surface area contributed by atoms with Crippen LogP contribution in [0, 0.1) is 0 Å². The average molecular weight is 276 g/mol. The van der Waals surface area contributed by atoms with Gasteiger partial charge in [-0.2, -0.15) is 0 Å². The summed E-state index contributed by atoms with van der Waals surface area (Å²) in [6, 6.07) is 0. The quantitative estimate of drug-likeness (QED) is 0.811. The minimum Gasteiger partial charge on any atom is -0.506 e. The van der Waals surface area contributed by atoms with Gasteiger partial charge in [-0.1, -0.05) is 0 Å². The molecule has 0 aromatic heterocycles. The van der Waals surface area contributed by atoms with Crippen molar-refractivity contribution in [2.45, 2.75) is 33.3 Å². The number of hydrogen-bond acceptors (Lipinski definition) is 5. The van der Waals surface area contributed by atoms with Crippen LogP contribution in [-0.4, -0.2) is 27.4 Å². The maximum Gasteiger partial charge on any atom is 0.167 e. The lowest BCUT2D eigenvalue weighted by Gasteiger charge is -2.30. The Morgan fingerprint density at radius 1 is 1.05 bits per heavy atom. The second kappa shape index (κ2) is 4.37. The Morgan fingerprint density at radius 2 is 1.60 bits per heavy atom. The van der Waals surface area contributed by atoms with Gasteiger partial charge in [-0.15, -0.1) is 0 Å². The fourth-order valence-corrected chi connectivity index (χ4v) is 2.22. The van der Waals surface area contributed by atoms with Crippen molar-refractivity contribution in [3.63, 3.8) is 0 Å². The van der Waals surface area contributed by atoms with E-state index in [-0.39, 0.29) is 28.2 Å². The molecule has 20 heavy (non-hydrogen) atoms. The van der Waals surface area contributed by atoms with Crippen LogP contribution in [0.15, 0.2) is 6.08 Å². The van der Waals surface area contributed by atoms with Crippen LogP contribution in [0.25, 0.3) is 6.08 Å². The average Bonchev–Trinajstić information content (AvgIpc) is 2.25. The highest BCUT2D eigenvalue weighted by atomic mass is 16.5. The first kappa shape index (κ1) is 14.1. The molecule has 2 rings (SSSR count). The topological polar surface area (TPSA) is 83.8 Å². The van der Waals surface area contributed by atoms with Crippen LogP contribution in [-0.2, 0) is 0 Å². The van der Waals surface area contributed by atoms with Crippen molar-refractivity contribution in [2.24, 2.45) is 0 Å². The van der Waals surface area contributed by atoms with E-state index in [0.717, 1.165) is 0 Å². The van der Waals surface area contributed by atoms with Gasteiger partial charge in [-0.3, -0.25) is 9.59 Å². The van der Waals surface area contributed by atoms with Gasteiger partial charge in [0.2, 0.25) is 0 Å². The number of phenols is 2. The number of rotatable bonds is 2. The summed E-state index contributed by atoms with van der Waals surface area (Å²) < 4.78 is 5.67. The Balaban J connectivity index is 2.89. The Hall–Kier alpha value is -2.30. The van der Waals surface area contributed by atoms with Gasteiger partial charge in [-0.25, -0.2) is 0 Å². The number of benzene rings is 1. The van der Waals surface area contributed by atoms with Crippen molar-refractivity contribution >= 4 is 17.6 Å². The largest absolute Gasteiger partial charge is 0.506 e. The Bertz CT molecular complexity index is 653. The number of carbonyl (C=O) groups is 2. The highest BCUT2D eigenvalue weighted by molar-refractivity contribution is 6.09.